The number of carbonyl (C=O) groups excluding carboxylic acids is 2. The summed E-state index contributed by atoms with van der Waals surface area (Å²) >= 11 is 0. The predicted octanol–water partition coefficient (Wildman–Crippen LogP) is 4.42. The summed E-state index contributed by atoms with van der Waals surface area (Å²) in [6, 6.07) is 13.9. The smallest absolute Gasteiger partial charge is 0.273 e. The first-order chi connectivity index (χ1) is 14.9. The van der Waals surface area contributed by atoms with Gasteiger partial charge >= 0.3 is 0 Å². The van der Waals surface area contributed by atoms with E-state index in [2.05, 4.69) is 29.6 Å². The predicted molar refractivity (Wildman–Crippen MR) is 113 cm³/mol. The molecule has 0 aliphatic heterocycles. The van der Waals surface area contributed by atoms with Crippen molar-refractivity contribution in [2.75, 3.05) is 11.9 Å². The van der Waals surface area contributed by atoms with Gasteiger partial charge in [-0.05, 0) is 48.7 Å². The molecular formula is C23H24FN3O4. The number of aromatic nitrogens is 1. The van der Waals surface area contributed by atoms with Gasteiger partial charge < -0.3 is 19.9 Å². The Hall–Kier alpha value is -3.68. The maximum absolute atomic E-state index is 13.7. The largest absolute Gasteiger partial charge is 0.486 e. The quantitative estimate of drug-likeness (QED) is 0.529. The first-order valence-electron chi connectivity index (χ1n) is 9.95. The van der Waals surface area contributed by atoms with Crippen molar-refractivity contribution < 1.29 is 23.2 Å². The van der Waals surface area contributed by atoms with Gasteiger partial charge in [-0.15, -0.1) is 0 Å². The zero-order valence-electron chi connectivity index (χ0n) is 17.4. The summed E-state index contributed by atoms with van der Waals surface area (Å²) in [7, 11) is 0. The van der Waals surface area contributed by atoms with Gasteiger partial charge in [0.2, 0.25) is 0 Å². The lowest BCUT2D eigenvalue weighted by molar-refractivity contribution is 0.0941. The van der Waals surface area contributed by atoms with Crippen LogP contribution < -0.4 is 15.4 Å². The molecule has 2 amide bonds. The van der Waals surface area contributed by atoms with Crippen LogP contribution in [0.1, 0.15) is 46.9 Å². The Morgan fingerprint density at radius 1 is 1.10 bits per heavy atom. The van der Waals surface area contributed by atoms with Crippen LogP contribution in [-0.4, -0.2) is 23.5 Å². The molecule has 0 atom stereocenters. The Balaban J connectivity index is 1.49. The van der Waals surface area contributed by atoms with Crippen LogP contribution in [-0.2, 0) is 6.61 Å². The average Bonchev–Trinajstić information content (AvgIpc) is 3.22. The summed E-state index contributed by atoms with van der Waals surface area (Å²) in [5, 5.41) is 9.19. The van der Waals surface area contributed by atoms with Gasteiger partial charge in [0.05, 0.1) is 5.56 Å². The van der Waals surface area contributed by atoms with Gasteiger partial charge in [0.1, 0.15) is 18.2 Å². The van der Waals surface area contributed by atoms with Gasteiger partial charge in [-0.3, -0.25) is 9.59 Å². The molecule has 162 valence electrons. The van der Waals surface area contributed by atoms with Gasteiger partial charge in [-0.25, -0.2) is 4.39 Å². The Labute approximate surface area is 179 Å². The number of carbonyl (C=O) groups is 2. The second-order valence-corrected chi connectivity index (χ2v) is 7.36. The van der Waals surface area contributed by atoms with Crippen molar-refractivity contribution in [2.45, 2.75) is 26.9 Å². The van der Waals surface area contributed by atoms with E-state index in [1.807, 2.05) is 0 Å². The molecule has 3 rings (SSSR count). The van der Waals surface area contributed by atoms with Crippen LogP contribution in [0.5, 0.6) is 5.75 Å². The highest BCUT2D eigenvalue weighted by molar-refractivity contribution is 6.04. The molecule has 1 heterocycles. The molecule has 2 N–H and O–H groups in total. The maximum atomic E-state index is 13.7. The minimum atomic E-state index is -0.583. The number of halogens is 1. The fourth-order valence-corrected chi connectivity index (χ4v) is 2.69. The number of ether oxygens (including phenoxy) is 1. The monoisotopic (exact) mass is 425 g/mol. The van der Waals surface area contributed by atoms with Crippen molar-refractivity contribution in [1.29, 1.82) is 0 Å². The summed E-state index contributed by atoms with van der Waals surface area (Å²) < 4.78 is 24.5. The minimum Gasteiger partial charge on any atom is -0.486 e. The zero-order valence-corrected chi connectivity index (χ0v) is 17.4. The Bertz CT molecular complexity index is 1030. The van der Waals surface area contributed by atoms with E-state index >= 15 is 0 Å². The molecule has 0 unspecified atom stereocenters. The summed E-state index contributed by atoms with van der Waals surface area (Å²) in [6.45, 7) is 4.84. The molecule has 2 aromatic carbocycles. The average molecular weight is 425 g/mol. The number of anilines is 1. The van der Waals surface area contributed by atoms with E-state index in [0.29, 0.717) is 29.7 Å². The molecule has 31 heavy (non-hydrogen) atoms. The molecular weight excluding hydrogens is 401 g/mol. The number of amides is 2. The van der Waals surface area contributed by atoms with E-state index in [0.717, 1.165) is 6.42 Å². The van der Waals surface area contributed by atoms with Crippen molar-refractivity contribution in [3.05, 3.63) is 77.4 Å². The van der Waals surface area contributed by atoms with E-state index in [1.54, 1.807) is 30.3 Å². The number of nitrogens with zero attached hydrogens (tertiary/aromatic N) is 1. The molecule has 0 radical (unpaired) electrons. The molecule has 0 saturated carbocycles. The first kappa shape index (κ1) is 22.0. The van der Waals surface area contributed by atoms with Gasteiger partial charge in [0, 0.05) is 18.3 Å². The van der Waals surface area contributed by atoms with Crippen molar-refractivity contribution in [1.82, 2.24) is 10.5 Å². The van der Waals surface area contributed by atoms with Gasteiger partial charge in [0.25, 0.3) is 11.8 Å². The molecule has 0 bridgehead atoms. The molecule has 0 aliphatic carbocycles. The lowest BCUT2D eigenvalue weighted by Crippen LogP contribution is -2.25. The highest BCUT2D eigenvalue weighted by Gasteiger charge is 2.13. The Morgan fingerprint density at radius 3 is 2.55 bits per heavy atom. The van der Waals surface area contributed by atoms with Crippen LogP contribution in [0.15, 0.2) is 59.1 Å². The number of hydrogen-bond donors (Lipinski definition) is 2. The van der Waals surface area contributed by atoms with Crippen molar-refractivity contribution in [3.8, 4) is 5.75 Å². The van der Waals surface area contributed by atoms with Crippen LogP contribution in [0.2, 0.25) is 0 Å². The second kappa shape index (κ2) is 10.4. The molecule has 8 heteroatoms. The summed E-state index contributed by atoms with van der Waals surface area (Å²) in [5.74, 6) is 0.0353. The minimum absolute atomic E-state index is 0.0304. The van der Waals surface area contributed by atoms with Crippen LogP contribution in [0.25, 0.3) is 0 Å². The molecule has 0 aliphatic rings. The lowest BCUT2D eigenvalue weighted by Gasteiger charge is -2.08. The van der Waals surface area contributed by atoms with Crippen LogP contribution in [0.4, 0.5) is 10.1 Å². The van der Waals surface area contributed by atoms with E-state index in [-0.39, 0.29) is 23.8 Å². The number of nitrogens with one attached hydrogen (secondary N) is 2. The fourth-order valence-electron chi connectivity index (χ4n) is 2.69. The first-order valence-corrected chi connectivity index (χ1v) is 9.95. The normalized spacial score (nSPS) is 10.7. The summed E-state index contributed by atoms with van der Waals surface area (Å²) in [5.41, 5.74) is 0.673. The highest BCUT2D eigenvalue weighted by atomic mass is 19.1. The van der Waals surface area contributed by atoms with Crippen LogP contribution >= 0.6 is 0 Å². The third-order valence-electron chi connectivity index (χ3n) is 4.41. The van der Waals surface area contributed by atoms with Gasteiger partial charge in [-0.1, -0.05) is 31.1 Å². The molecule has 0 fully saturated rings. The number of rotatable bonds is 9. The van der Waals surface area contributed by atoms with E-state index in [1.165, 1.54) is 24.3 Å². The maximum Gasteiger partial charge on any atom is 0.273 e. The topological polar surface area (TPSA) is 93.5 Å². The molecule has 1 aromatic heterocycles. The highest BCUT2D eigenvalue weighted by Crippen LogP contribution is 2.18. The van der Waals surface area contributed by atoms with Gasteiger partial charge in [-0.2, -0.15) is 0 Å². The van der Waals surface area contributed by atoms with E-state index < -0.39 is 11.7 Å². The third-order valence-corrected chi connectivity index (χ3v) is 4.41. The molecule has 7 nitrogen and oxygen atoms in total. The summed E-state index contributed by atoms with van der Waals surface area (Å²) in [6.07, 6.45) is 0.885. The SMILES string of the molecule is CC(C)CCNC(=O)c1cc(COc2ccc(NC(=O)c3ccccc3F)cc2)on1. The van der Waals surface area contributed by atoms with Crippen LogP contribution in [0, 0.1) is 11.7 Å². The van der Waals surface area contributed by atoms with Crippen molar-refractivity contribution >= 4 is 17.5 Å². The molecule has 0 saturated heterocycles. The van der Waals surface area contributed by atoms with Crippen molar-refractivity contribution in [3.63, 3.8) is 0 Å². The molecule has 0 spiro atoms. The number of hydrogen-bond acceptors (Lipinski definition) is 5. The third kappa shape index (κ3) is 6.40. The zero-order chi connectivity index (χ0) is 22.2. The van der Waals surface area contributed by atoms with E-state index in [9.17, 15) is 14.0 Å². The number of benzene rings is 2. The van der Waals surface area contributed by atoms with Crippen LogP contribution in [0.3, 0.4) is 0 Å². The van der Waals surface area contributed by atoms with Crippen molar-refractivity contribution in [2.24, 2.45) is 5.92 Å². The molecule has 3 aromatic rings. The second-order valence-electron chi connectivity index (χ2n) is 7.36. The Kier molecular flexibility index (Phi) is 7.37. The fraction of sp³-hybridized carbons (Fsp3) is 0.261. The Morgan fingerprint density at radius 2 is 1.84 bits per heavy atom. The standard InChI is InChI=1S/C23H24FN3O4/c1-15(2)11-12-25-23(29)21-13-18(31-27-21)14-30-17-9-7-16(8-10-17)26-22(28)19-5-3-4-6-20(19)24/h3-10,13,15H,11-12,14H2,1-2H3,(H,25,29)(H,26,28). The summed E-state index contributed by atoms with van der Waals surface area (Å²) in [4.78, 5) is 24.2. The van der Waals surface area contributed by atoms with E-state index in [4.69, 9.17) is 9.26 Å². The lowest BCUT2D eigenvalue weighted by atomic mass is 10.1. The van der Waals surface area contributed by atoms with Gasteiger partial charge in [0.15, 0.2) is 11.5 Å².